The molecule has 4 heteroatoms. The summed E-state index contributed by atoms with van der Waals surface area (Å²) in [7, 11) is 0. The SMILES string of the molecule is CC1(c2ccccc2)OCC(=O)Nc2ccc(-c3ccc[nH]3)cc21. The fourth-order valence-electron chi connectivity index (χ4n) is 3.19. The molecule has 1 aromatic heterocycles. The first kappa shape index (κ1) is 14.7. The molecule has 1 aliphatic rings. The minimum absolute atomic E-state index is 0.0257. The Balaban J connectivity index is 1.92. The van der Waals surface area contributed by atoms with E-state index in [9.17, 15) is 4.79 Å². The number of aromatic amines is 1. The number of hydrogen-bond acceptors (Lipinski definition) is 2. The van der Waals surface area contributed by atoms with Gasteiger partial charge in [-0.2, -0.15) is 0 Å². The maximum absolute atomic E-state index is 12.0. The maximum Gasteiger partial charge on any atom is 0.250 e. The summed E-state index contributed by atoms with van der Waals surface area (Å²) >= 11 is 0. The number of anilines is 1. The fourth-order valence-corrected chi connectivity index (χ4v) is 3.19. The molecule has 2 heterocycles. The summed E-state index contributed by atoms with van der Waals surface area (Å²) in [6, 6.07) is 20.0. The fraction of sp³-hybridized carbons (Fsp3) is 0.150. The third-order valence-corrected chi connectivity index (χ3v) is 4.53. The van der Waals surface area contributed by atoms with Crippen LogP contribution >= 0.6 is 0 Å². The van der Waals surface area contributed by atoms with Gasteiger partial charge >= 0.3 is 0 Å². The molecular formula is C20H18N2O2. The predicted molar refractivity (Wildman–Crippen MR) is 93.7 cm³/mol. The highest BCUT2D eigenvalue weighted by atomic mass is 16.5. The molecular weight excluding hydrogens is 300 g/mol. The first-order valence-electron chi connectivity index (χ1n) is 7.94. The second-order valence-electron chi connectivity index (χ2n) is 6.08. The normalized spacial score (nSPS) is 20.1. The highest BCUT2D eigenvalue weighted by Crippen LogP contribution is 2.40. The highest BCUT2D eigenvalue weighted by molar-refractivity contribution is 5.94. The minimum atomic E-state index is -0.696. The summed E-state index contributed by atoms with van der Waals surface area (Å²) in [5.41, 5.74) is 4.15. The van der Waals surface area contributed by atoms with Crippen LogP contribution in [0.2, 0.25) is 0 Å². The Bertz CT molecular complexity index is 872. The van der Waals surface area contributed by atoms with Crippen molar-refractivity contribution in [1.82, 2.24) is 4.98 Å². The summed E-state index contributed by atoms with van der Waals surface area (Å²) < 4.78 is 6.07. The number of carbonyl (C=O) groups is 1. The van der Waals surface area contributed by atoms with Crippen molar-refractivity contribution in [2.75, 3.05) is 11.9 Å². The average Bonchev–Trinajstić information content (AvgIpc) is 3.11. The number of carbonyl (C=O) groups excluding carboxylic acids is 1. The highest BCUT2D eigenvalue weighted by Gasteiger charge is 2.36. The van der Waals surface area contributed by atoms with Gasteiger partial charge < -0.3 is 15.0 Å². The zero-order valence-corrected chi connectivity index (χ0v) is 13.4. The summed E-state index contributed by atoms with van der Waals surface area (Å²) in [6.07, 6.45) is 1.90. The van der Waals surface area contributed by atoms with Crippen molar-refractivity contribution in [3.63, 3.8) is 0 Å². The number of fused-ring (bicyclic) bond motifs is 1. The number of rotatable bonds is 2. The Morgan fingerprint density at radius 1 is 1.04 bits per heavy atom. The smallest absolute Gasteiger partial charge is 0.250 e. The predicted octanol–water partition coefficient (Wildman–Crippen LogP) is 3.91. The maximum atomic E-state index is 12.0. The molecule has 4 rings (SSSR count). The number of nitrogens with one attached hydrogen (secondary N) is 2. The van der Waals surface area contributed by atoms with Crippen molar-refractivity contribution in [2.24, 2.45) is 0 Å². The standard InChI is InChI=1S/C20H18N2O2/c1-20(15-6-3-2-4-7-15)16-12-14(17-8-5-11-21-17)9-10-18(16)22-19(23)13-24-20/h2-12,21H,13H2,1H3,(H,22,23). The molecule has 0 fully saturated rings. The van der Waals surface area contributed by atoms with E-state index in [-0.39, 0.29) is 12.5 Å². The van der Waals surface area contributed by atoms with Crippen LogP contribution in [0.5, 0.6) is 0 Å². The number of aromatic nitrogens is 1. The van der Waals surface area contributed by atoms with Crippen molar-refractivity contribution >= 4 is 11.6 Å². The van der Waals surface area contributed by atoms with Crippen LogP contribution in [0.25, 0.3) is 11.3 Å². The van der Waals surface area contributed by atoms with E-state index in [2.05, 4.69) is 16.4 Å². The number of ether oxygens (including phenoxy) is 1. The zero-order chi connectivity index (χ0) is 16.6. The van der Waals surface area contributed by atoms with Crippen molar-refractivity contribution < 1.29 is 9.53 Å². The van der Waals surface area contributed by atoms with Crippen LogP contribution in [-0.4, -0.2) is 17.5 Å². The molecule has 24 heavy (non-hydrogen) atoms. The Morgan fingerprint density at radius 3 is 2.62 bits per heavy atom. The van der Waals surface area contributed by atoms with E-state index in [1.807, 2.05) is 67.7 Å². The molecule has 0 saturated heterocycles. The van der Waals surface area contributed by atoms with Crippen LogP contribution in [-0.2, 0) is 15.1 Å². The summed E-state index contributed by atoms with van der Waals surface area (Å²) in [6.45, 7) is 2.04. The second-order valence-corrected chi connectivity index (χ2v) is 6.08. The van der Waals surface area contributed by atoms with Crippen LogP contribution in [0.15, 0.2) is 66.9 Å². The lowest BCUT2D eigenvalue weighted by Crippen LogP contribution is -2.28. The van der Waals surface area contributed by atoms with Crippen LogP contribution in [0, 0.1) is 0 Å². The van der Waals surface area contributed by atoms with Gasteiger partial charge in [-0.25, -0.2) is 0 Å². The molecule has 0 aliphatic carbocycles. The average molecular weight is 318 g/mol. The minimum Gasteiger partial charge on any atom is -0.361 e. The third kappa shape index (κ3) is 2.41. The molecule has 4 nitrogen and oxygen atoms in total. The number of hydrogen-bond donors (Lipinski definition) is 2. The van der Waals surface area contributed by atoms with E-state index < -0.39 is 5.60 Å². The van der Waals surface area contributed by atoms with E-state index in [1.165, 1.54) is 0 Å². The lowest BCUT2D eigenvalue weighted by Gasteiger charge is -2.30. The van der Waals surface area contributed by atoms with Crippen molar-refractivity contribution in [3.8, 4) is 11.3 Å². The van der Waals surface area contributed by atoms with E-state index >= 15 is 0 Å². The van der Waals surface area contributed by atoms with Gasteiger partial charge in [0.2, 0.25) is 5.91 Å². The molecule has 0 saturated carbocycles. The lowest BCUT2D eigenvalue weighted by atomic mass is 9.85. The topological polar surface area (TPSA) is 54.1 Å². The van der Waals surface area contributed by atoms with Crippen LogP contribution < -0.4 is 5.32 Å². The number of benzene rings is 2. The van der Waals surface area contributed by atoms with Crippen LogP contribution in [0.3, 0.4) is 0 Å². The number of H-pyrrole nitrogens is 1. The third-order valence-electron chi connectivity index (χ3n) is 4.53. The number of amides is 1. The molecule has 0 radical (unpaired) electrons. The van der Waals surface area contributed by atoms with E-state index in [1.54, 1.807) is 0 Å². The van der Waals surface area contributed by atoms with Gasteiger partial charge in [0.05, 0.1) is 0 Å². The Kier molecular flexibility index (Phi) is 3.47. The molecule has 1 aliphatic heterocycles. The Hall–Kier alpha value is -2.85. The molecule has 120 valence electrons. The Morgan fingerprint density at radius 2 is 1.88 bits per heavy atom. The van der Waals surface area contributed by atoms with Gasteiger partial charge in [-0.15, -0.1) is 0 Å². The second kappa shape index (κ2) is 5.65. The van der Waals surface area contributed by atoms with Gasteiger partial charge in [0.25, 0.3) is 0 Å². The molecule has 3 aromatic rings. The molecule has 1 amide bonds. The van der Waals surface area contributed by atoms with E-state index in [0.717, 1.165) is 28.1 Å². The van der Waals surface area contributed by atoms with Crippen LogP contribution in [0.1, 0.15) is 18.1 Å². The summed E-state index contributed by atoms with van der Waals surface area (Å²) in [4.78, 5) is 15.3. The van der Waals surface area contributed by atoms with Crippen molar-refractivity contribution in [3.05, 3.63) is 78.0 Å². The molecule has 0 bridgehead atoms. The molecule has 2 N–H and O–H groups in total. The molecule has 2 aromatic carbocycles. The largest absolute Gasteiger partial charge is 0.361 e. The molecule has 1 unspecified atom stereocenters. The van der Waals surface area contributed by atoms with Gasteiger partial charge in [0.15, 0.2) is 0 Å². The monoisotopic (exact) mass is 318 g/mol. The van der Waals surface area contributed by atoms with Crippen molar-refractivity contribution in [1.29, 1.82) is 0 Å². The Labute approximate surface area is 140 Å². The first-order chi connectivity index (χ1) is 11.7. The van der Waals surface area contributed by atoms with Crippen LogP contribution in [0.4, 0.5) is 5.69 Å². The first-order valence-corrected chi connectivity index (χ1v) is 7.94. The van der Waals surface area contributed by atoms with Gasteiger partial charge in [0.1, 0.15) is 12.2 Å². The van der Waals surface area contributed by atoms with E-state index in [4.69, 9.17) is 4.74 Å². The summed E-state index contributed by atoms with van der Waals surface area (Å²) in [5, 5.41) is 2.95. The summed E-state index contributed by atoms with van der Waals surface area (Å²) in [5.74, 6) is -0.136. The van der Waals surface area contributed by atoms with Gasteiger partial charge in [-0.05, 0) is 42.3 Å². The van der Waals surface area contributed by atoms with Crippen molar-refractivity contribution in [2.45, 2.75) is 12.5 Å². The zero-order valence-electron chi connectivity index (χ0n) is 13.4. The lowest BCUT2D eigenvalue weighted by molar-refractivity contribution is -0.124. The quantitative estimate of drug-likeness (QED) is 0.752. The van der Waals surface area contributed by atoms with Gasteiger partial charge in [-0.3, -0.25) is 4.79 Å². The molecule has 1 atom stereocenters. The van der Waals surface area contributed by atoms with Gasteiger partial charge in [-0.1, -0.05) is 36.4 Å². The van der Waals surface area contributed by atoms with E-state index in [0.29, 0.717) is 0 Å². The molecule has 0 spiro atoms. The van der Waals surface area contributed by atoms with Gasteiger partial charge in [0, 0.05) is 23.1 Å².